The molecule has 0 unspecified atom stereocenters. The molecule has 0 saturated carbocycles. The molecule has 1 aromatic rings. The summed E-state index contributed by atoms with van der Waals surface area (Å²) in [5.41, 5.74) is 0.380. The summed E-state index contributed by atoms with van der Waals surface area (Å²) in [6.07, 6.45) is 0. The molecule has 2 saturated heterocycles. The molecule has 6 heteroatoms. The summed E-state index contributed by atoms with van der Waals surface area (Å²) in [7, 11) is 0. The monoisotopic (exact) mass is 295 g/mol. The first-order chi connectivity index (χ1) is 9.65. The zero-order chi connectivity index (χ0) is 14.1. The maximum atomic E-state index is 12.4. The number of aromatic hydroxyl groups is 1. The lowest BCUT2D eigenvalue weighted by Gasteiger charge is -2.43. The molecular weight excluding hydrogens is 278 g/mol. The van der Waals surface area contributed by atoms with Crippen LogP contribution in [0.2, 0.25) is 5.02 Å². The SMILES string of the molecule is O=C(c1cc(O)ccc1Cl)N1CCN(C2CNC2)CC1. The molecule has 2 fully saturated rings. The largest absolute Gasteiger partial charge is 0.508 e. The summed E-state index contributed by atoms with van der Waals surface area (Å²) in [5.74, 6) is -0.0331. The van der Waals surface area contributed by atoms with Gasteiger partial charge in [-0.3, -0.25) is 9.69 Å². The summed E-state index contributed by atoms with van der Waals surface area (Å²) in [5, 5.41) is 13.1. The number of carbonyl (C=O) groups is 1. The van der Waals surface area contributed by atoms with Gasteiger partial charge >= 0.3 is 0 Å². The molecule has 108 valence electrons. The van der Waals surface area contributed by atoms with E-state index in [1.165, 1.54) is 12.1 Å². The fraction of sp³-hybridized carbons (Fsp3) is 0.500. The third-order valence-electron chi connectivity index (χ3n) is 4.06. The minimum absolute atomic E-state index is 0.0666. The van der Waals surface area contributed by atoms with Gasteiger partial charge in [0.15, 0.2) is 0 Å². The quantitative estimate of drug-likeness (QED) is 0.846. The molecule has 0 spiro atoms. The van der Waals surface area contributed by atoms with Crippen LogP contribution in [0.3, 0.4) is 0 Å². The van der Waals surface area contributed by atoms with Crippen LogP contribution in [-0.2, 0) is 0 Å². The average molecular weight is 296 g/mol. The van der Waals surface area contributed by atoms with Crippen LogP contribution >= 0.6 is 11.6 Å². The number of benzene rings is 1. The van der Waals surface area contributed by atoms with Crippen molar-refractivity contribution in [2.45, 2.75) is 6.04 Å². The maximum Gasteiger partial charge on any atom is 0.255 e. The highest BCUT2D eigenvalue weighted by atomic mass is 35.5. The Balaban J connectivity index is 1.65. The fourth-order valence-electron chi connectivity index (χ4n) is 2.67. The number of amides is 1. The molecule has 3 rings (SSSR count). The van der Waals surface area contributed by atoms with Gasteiger partial charge in [0.2, 0.25) is 0 Å². The lowest BCUT2D eigenvalue weighted by molar-refractivity contribution is 0.0502. The Morgan fingerprint density at radius 3 is 2.55 bits per heavy atom. The molecule has 0 radical (unpaired) electrons. The van der Waals surface area contributed by atoms with Crippen LogP contribution in [0.15, 0.2) is 18.2 Å². The summed E-state index contributed by atoms with van der Waals surface area (Å²) >= 11 is 6.04. The second-order valence-corrected chi connectivity index (χ2v) is 5.71. The molecule has 2 aliphatic heterocycles. The van der Waals surface area contributed by atoms with Crippen molar-refractivity contribution in [2.24, 2.45) is 0 Å². The molecule has 0 atom stereocenters. The lowest BCUT2D eigenvalue weighted by Crippen LogP contribution is -2.62. The highest BCUT2D eigenvalue weighted by Gasteiger charge is 2.30. The third-order valence-corrected chi connectivity index (χ3v) is 4.39. The van der Waals surface area contributed by atoms with E-state index in [4.69, 9.17) is 11.6 Å². The standard InChI is InChI=1S/C14H18ClN3O2/c15-13-2-1-11(19)7-12(13)14(20)18-5-3-17(4-6-18)10-8-16-9-10/h1-2,7,10,16,19H,3-6,8-9H2. The van der Waals surface area contributed by atoms with E-state index in [-0.39, 0.29) is 11.7 Å². The number of nitrogens with zero attached hydrogens (tertiary/aromatic N) is 2. The highest BCUT2D eigenvalue weighted by molar-refractivity contribution is 6.33. The van der Waals surface area contributed by atoms with Crippen molar-refractivity contribution in [1.82, 2.24) is 15.1 Å². The van der Waals surface area contributed by atoms with Gasteiger partial charge in [0.1, 0.15) is 5.75 Å². The van der Waals surface area contributed by atoms with Crippen LogP contribution in [0, 0.1) is 0 Å². The number of hydrogen-bond donors (Lipinski definition) is 2. The number of rotatable bonds is 2. The van der Waals surface area contributed by atoms with Crippen LogP contribution < -0.4 is 5.32 Å². The van der Waals surface area contributed by atoms with Crippen LogP contribution in [0.4, 0.5) is 0 Å². The Morgan fingerprint density at radius 2 is 1.95 bits per heavy atom. The van der Waals surface area contributed by atoms with Crippen molar-refractivity contribution in [3.8, 4) is 5.75 Å². The molecule has 2 heterocycles. The number of phenols is 1. The van der Waals surface area contributed by atoms with Crippen LogP contribution in [0.5, 0.6) is 5.75 Å². The van der Waals surface area contributed by atoms with Crippen LogP contribution in [-0.4, -0.2) is 66.1 Å². The average Bonchev–Trinajstić information content (AvgIpc) is 2.40. The van der Waals surface area contributed by atoms with Gasteiger partial charge < -0.3 is 15.3 Å². The minimum atomic E-state index is -0.0997. The van der Waals surface area contributed by atoms with E-state index in [2.05, 4.69) is 10.2 Å². The normalized spacial score (nSPS) is 20.8. The fourth-order valence-corrected chi connectivity index (χ4v) is 2.87. The molecule has 20 heavy (non-hydrogen) atoms. The van der Waals surface area contributed by atoms with Crippen LogP contribution in [0.1, 0.15) is 10.4 Å². The van der Waals surface area contributed by atoms with E-state index in [1.54, 1.807) is 6.07 Å². The van der Waals surface area contributed by atoms with Gasteiger partial charge in [-0.15, -0.1) is 0 Å². The molecule has 0 aliphatic carbocycles. The van der Waals surface area contributed by atoms with Crippen molar-refractivity contribution in [1.29, 1.82) is 0 Å². The summed E-state index contributed by atoms with van der Waals surface area (Å²) < 4.78 is 0. The summed E-state index contributed by atoms with van der Waals surface area (Å²) in [6.45, 7) is 5.31. The molecule has 0 bridgehead atoms. The number of halogens is 1. The van der Waals surface area contributed by atoms with Gasteiger partial charge in [-0.1, -0.05) is 11.6 Å². The Kier molecular flexibility index (Phi) is 3.83. The Labute approximate surface area is 123 Å². The van der Waals surface area contributed by atoms with Gasteiger partial charge in [-0.2, -0.15) is 0 Å². The van der Waals surface area contributed by atoms with Crippen LogP contribution in [0.25, 0.3) is 0 Å². The first kappa shape index (κ1) is 13.7. The Bertz CT molecular complexity index is 511. The second kappa shape index (κ2) is 5.60. The smallest absolute Gasteiger partial charge is 0.255 e. The molecule has 5 nitrogen and oxygen atoms in total. The third kappa shape index (κ3) is 2.61. The van der Waals surface area contributed by atoms with E-state index in [1.807, 2.05) is 4.90 Å². The zero-order valence-electron chi connectivity index (χ0n) is 11.2. The highest BCUT2D eigenvalue weighted by Crippen LogP contribution is 2.23. The Hall–Kier alpha value is -1.30. The lowest BCUT2D eigenvalue weighted by atomic mass is 10.1. The van der Waals surface area contributed by atoms with Gasteiger partial charge in [0.05, 0.1) is 10.6 Å². The van der Waals surface area contributed by atoms with E-state index >= 15 is 0 Å². The minimum Gasteiger partial charge on any atom is -0.508 e. The van der Waals surface area contributed by atoms with E-state index < -0.39 is 0 Å². The van der Waals surface area contributed by atoms with Crippen molar-refractivity contribution in [3.63, 3.8) is 0 Å². The second-order valence-electron chi connectivity index (χ2n) is 5.30. The summed E-state index contributed by atoms with van der Waals surface area (Å²) in [4.78, 5) is 16.7. The number of phenolic OH excluding ortho intramolecular Hbond substituents is 1. The van der Waals surface area contributed by atoms with E-state index in [0.717, 1.165) is 26.2 Å². The van der Waals surface area contributed by atoms with Gasteiger partial charge in [-0.05, 0) is 18.2 Å². The van der Waals surface area contributed by atoms with Gasteiger partial charge in [-0.25, -0.2) is 0 Å². The summed E-state index contributed by atoms with van der Waals surface area (Å²) in [6, 6.07) is 5.10. The zero-order valence-corrected chi connectivity index (χ0v) is 11.9. The molecular formula is C14H18ClN3O2. The number of piperazine rings is 1. The van der Waals surface area contributed by atoms with Crippen molar-refractivity contribution in [2.75, 3.05) is 39.3 Å². The van der Waals surface area contributed by atoms with E-state index in [0.29, 0.717) is 29.7 Å². The van der Waals surface area contributed by atoms with E-state index in [9.17, 15) is 9.90 Å². The van der Waals surface area contributed by atoms with Crippen molar-refractivity contribution < 1.29 is 9.90 Å². The topological polar surface area (TPSA) is 55.8 Å². The number of hydrogen-bond acceptors (Lipinski definition) is 4. The first-order valence-electron chi connectivity index (χ1n) is 6.88. The molecule has 2 N–H and O–H groups in total. The van der Waals surface area contributed by atoms with Crippen molar-refractivity contribution >= 4 is 17.5 Å². The van der Waals surface area contributed by atoms with Crippen molar-refractivity contribution in [3.05, 3.63) is 28.8 Å². The van der Waals surface area contributed by atoms with Gasteiger partial charge in [0.25, 0.3) is 5.91 Å². The predicted molar refractivity (Wildman–Crippen MR) is 77.3 cm³/mol. The molecule has 2 aliphatic rings. The molecule has 1 aromatic carbocycles. The van der Waals surface area contributed by atoms with Gasteiger partial charge in [0, 0.05) is 45.3 Å². The molecule has 1 amide bonds. The number of carbonyl (C=O) groups excluding carboxylic acids is 1. The predicted octanol–water partition coefficient (Wildman–Crippen LogP) is 0.775. The maximum absolute atomic E-state index is 12.4. The number of nitrogens with one attached hydrogen (secondary N) is 1. The Morgan fingerprint density at radius 1 is 1.25 bits per heavy atom. The molecule has 0 aromatic heterocycles. The first-order valence-corrected chi connectivity index (χ1v) is 7.25.